The van der Waals surface area contributed by atoms with Crippen molar-refractivity contribution in [1.82, 2.24) is 0 Å². The maximum atomic E-state index is 13.8. The molecule has 1 atom stereocenters. The summed E-state index contributed by atoms with van der Waals surface area (Å²) >= 11 is 0. The summed E-state index contributed by atoms with van der Waals surface area (Å²) in [4.78, 5) is 1.92. The van der Waals surface area contributed by atoms with Crippen LogP contribution < -0.4 is 4.90 Å². The van der Waals surface area contributed by atoms with Crippen molar-refractivity contribution in [3.8, 4) is 5.75 Å². The number of para-hydroxylation sites is 2. The standard InChI is InChI=1S/C12H16FNO/c1-12(13)7-4-8-14(9-12)10-5-2-3-6-11(10)15/h2-3,5-6,15H,4,7-9H2,1H3. The quantitative estimate of drug-likeness (QED) is 0.768. The highest BCUT2D eigenvalue weighted by molar-refractivity contribution is 5.58. The number of anilines is 1. The van der Waals surface area contributed by atoms with Crippen LogP contribution >= 0.6 is 0 Å². The van der Waals surface area contributed by atoms with Crippen molar-refractivity contribution in [2.24, 2.45) is 0 Å². The van der Waals surface area contributed by atoms with E-state index in [0.717, 1.165) is 18.7 Å². The van der Waals surface area contributed by atoms with E-state index in [4.69, 9.17) is 0 Å². The molecule has 0 saturated carbocycles. The molecule has 1 heterocycles. The van der Waals surface area contributed by atoms with E-state index in [-0.39, 0.29) is 5.75 Å². The normalized spacial score (nSPS) is 26.7. The number of rotatable bonds is 1. The Morgan fingerprint density at radius 2 is 2.13 bits per heavy atom. The zero-order chi connectivity index (χ0) is 10.9. The molecule has 0 aromatic heterocycles. The summed E-state index contributed by atoms with van der Waals surface area (Å²) in [6.45, 7) is 2.81. The molecule has 2 nitrogen and oxygen atoms in total. The molecule has 1 fully saturated rings. The van der Waals surface area contributed by atoms with Crippen LogP contribution in [0.1, 0.15) is 19.8 Å². The third kappa shape index (κ3) is 2.22. The lowest BCUT2D eigenvalue weighted by Gasteiger charge is -2.36. The first kappa shape index (κ1) is 10.3. The molecule has 0 amide bonds. The second-order valence-corrected chi connectivity index (χ2v) is 4.43. The van der Waals surface area contributed by atoms with Crippen molar-refractivity contribution in [3.05, 3.63) is 24.3 Å². The highest BCUT2D eigenvalue weighted by Gasteiger charge is 2.31. The lowest BCUT2D eigenvalue weighted by molar-refractivity contribution is 0.160. The Labute approximate surface area is 89.3 Å². The lowest BCUT2D eigenvalue weighted by atomic mass is 9.96. The van der Waals surface area contributed by atoms with E-state index < -0.39 is 5.67 Å². The molecular weight excluding hydrogens is 193 g/mol. The number of phenolic OH excluding ortho intramolecular Hbond substituents is 1. The molecule has 1 aromatic carbocycles. The number of hydrogen-bond donors (Lipinski definition) is 1. The van der Waals surface area contributed by atoms with Gasteiger partial charge in [0.1, 0.15) is 11.4 Å². The second-order valence-electron chi connectivity index (χ2n) is 4.43. The van der Waals surface area contributed by atoms with Crippen LogP contribution in [0.2, 0.25) is 0 Å². The van der Waals surface area contributed by atoms with Gasteiger partial charge in [-0.25, -0.2) is 4.39 Å². The van der Waals surface area contributed by atoms with Crippen LogP contribution in [0.4, 0.5) is 10.1 Å². The van der Waals surface area contributed by atoms with Gasteiger partial charge in [-0.15, -0.1) is 0 Å². The lowest BCUT2D eigenvalue weighted by Crippen LogP contribution is -2.43. The van der Waals surface area contributed by atoms with Gasteiger partial charge in [0.15, 0.2) is 0 Å². The minimum atomic E-state index is -1.14. The number of phenols is 1. The van der Waals surface area contributed by atoms with Crippen LogP contribution in [-0.4, -0.2) is 23.9 Å². The maximum Gasteiger partial charge on any atom is 0.138 e. The molecule has 0 radical (unpaired) electrons. The van der Waals surface area contributed by atoms with E-state index in [0.29, 0.717) is 13.0 Å². The molecule has 1 unspecified atom stereocenters. The molecule has 1 aromatic rings. The first-order chi connectivity index (χ1) is 7.08. The third-order valence-electron chi connectivity index (χ3n) is 2.87. The third-order valence-corrected chi connectivity index (χ3v) is 2.87. The summed E-state index contributed by atoms with van der Waals surface area (Å²) in [6.07, 6.45) is 1.44. The largest absolute Gasteiger partial charge is 0.506 e. The molecule has 1 N–H and O–H groups in total. The number of nitrogens with zero attached hydrogens (tertiary/aromatic N) is 1. The molecular formula is C12H16FNO. The predicted octanol–water partition coefficient (Wildman–Crippen LogP) is 2.72. The Morgan fingerprint density at radius 3 is 2.80 bits per heavy atom. The van der Waals surface area contributed by atoms with E-state index in [9.17, 15) is 9.50 Å². The van der Waals surface area contributed by atoms with Gasteiger partial charge in [0, 0.05) is 6.54 Å². The van der Waals surface area contributed by atoms with Gasteiger partial charge in [0.25, 0.3) is 0 Å². The second kappa shape index (κ2) is 3.72. The smallest absolute Gasteiger partial charge is 0.138 e. The van der Waals surface area contributed by atoms with E-state index in [1.807, 2.05) is 17.0 Å². The van der Waals surface area contributed by atoms with E-state index >= 15 is 0 Å². The molecule has 1 aliphatic rings. The summed E-state index contributed by atoms with van der Waals surface area (Å²) in [5.74, 6) is 0.232. The van der Waals surface area contributed by atoms with Crippen molar-refractivity contribution in [3.63, 3.8) is 0 Å². The summed E-state index contributed by atoms with van der Waals surface area (Å²) in [6, 6.07) is 7.10. The average molecular weight is 209 g/mol. The monoisotopic (exact) mass is 209 g/mol. The Bertz CT molecular complexity index is 351. The Morgan fingerprint density at radius 1 is 1.40 bits per heavy atom. The molecule has 3 heteroatoms. The van der Waals surface area contributed by atoms with Crippen molar-refractivity contribution in [2.75, 3.05) is 18.0 Å². The molecule has 1 aliphatic heterocycles. The first-order valence-electron chi connectivity index (χ1n) is 5.30. The highest BCUT2D eigenvalue weighted by Crippen LogP contribution is 2.33. The first-order valence-corrected chi connectivity index (χ1v) is 5.30. The number of piperidine rings is 1. The van der Waals surface area contributed by atoms with Crippen LogP contribution in [0.5, 0.6) is 5.75 Å². The summed E-state index contributed by atoms with van der Waals surface area (Å²) in [7, 11) is 0. The number of alkyl halides is 1. The Hall–Kier alpha value is -1.25. The fourth-order valence-corrected chi connectivity index (χ4v) is 2.13. The van der Waals surface area contributed by atoms with E-state index in [1.165, 1.54) is 0 Å². The summed E-state index contributed by atoms with van der Waals surface area (Å²) < 4.78 is 13.8. The zero-order valence-corrected chi connectivity index (χ0v) is 8.91. The van der Waals surface area contributed by atoms with Crippen molar-refractivity contribution < 1.29 is 9.50 Å². The molecule has 0 spiro atoms. The zero-order valence-electron chi connectivity index (χ0n) is 8.91. The van der Waals surface area contributed by atoms with Crippen molar-refractivity contribution in [1.29, 1.82) is 0 Å². The average Bonchev–Trinajstić information content (AvgIpc) is 2.17. The fraction of sp³-hybridized carbons (Fsp3) is 0.500. The summed E-state index contributed by atoms with van der Waals surface area (Å²) in [5, 5.41) is 9.67. The van der Waals surface area contributed by atoms with E-state index in [2.05, 4.69) is 0 Å². The van der Waals surface area contributed by atoms with Crippen LogP contribution in [0.25, 0.3) is 0 Å². The SMILES string of the molecule is CC1(F)CCCN(c2ccccc2O)C1. The van der Waals surface area contributed by atoms with E-state index in [1.54, 1.807) is 19.1 Å². The van der Waals surface area contributed by atoms with Gasteiger partial charge in [0.05, 0.1) is 12.2 Å². The van der Waals surface area contributed by atoms with Gasteiger partial charge in [-0.1, -0.05) is 12.1 Å². The van der Waals surface area contributed by atoms with Crippen LogP contribution in [0, 0.1) is 0 Å². The van der Waals surface area contributed by atoms with Crippen LogP contribution in [-0.2, 0) is 0 Å². The minimum absolute atomic E-state index is 0.232. The summed E-state index contributed by atoms with van der Waals surface area (Å²) in [5.41, 5.74) is -0.401. The van der Waals surface area contributed by atoms with Gasteiger partial charge in [-0.2, -0.15) is 0 Å². The number of benzene rings is 1. The highest BCUT2D eigenvalue weighted by atomic mass is 19.1. The molecule has 2 rings (SSSR count). The minimum Gasteiger partial charge on any atom is -0.506 e. The van der Waals surface area contributed by atoms with Gasteiger partial charge in [-0.3, -0.25) is 0 Å². The van der Waals surface area contributed by atoms with Gasteiger partial charge < -0.3 is 10.0 Å². The number of hydrogen-bond acceptors (Lipinski definition) is 2. The Kier molecular flexibility index (Phi) is 2.55. The van der Waals surface area contributed by atoms with Gasteiger partial charge in [0.2, 0.25) is 0 Å². The molecule has 0 aliphatic carbocycles. The maximum absolute atomic E-state index is 13.8. The Balaban J connectivity index is 2.21. The van der Waals surface area contributed by atoms with Gasteiger partial charge >= 0.3 is 0 Å². The molecule has 0 bridgehead atoms. The van der Waals surface area contributed by atoms with Gasteiger partial charge in [-0.05, 0) is 31.9 Å². The fourth-order valence-electron chi connectivity index (χ4n) is 2.13. The van der Waals surface area contributed by atoms with Crippen LogP contribution in [0.15, 0.2) is 24.3 Å². The number of aromatic hydroxyl groups is 1. The molecule has 15 heavy (non-hydrogen) atoms. The van der Waals surface area contributed by atoms with Crippen molar-refractivity contribution >= 4 is 5.69 Å². The number of halogens is 1. The van der Waals surface area contributed by atoms with Crippen molar-refractivity contribution in [2.45, 2.75) is 25.4 Å². The topological polar surface area (TPSA) is 23.5 Å². The molecule has 1 saturated heterocycles. The van der Waals surface area contributed by atoms with Crippen LogP contribution in [0.3, 0.4) is 0 Å². The molecule has 82 valence electrons. The predicted molar refractivity (Wildman–Crippen MR) is 59.1 cm³/mol.